The topological polar surface area (TPSA) is 73.9 Å². The van der Waals surface area contributed by atoms with Crippen molar-refractivity contribution in [2.75, 3.05) is 13.2 Å². The van der Waals surface area contributed by atoms with Gasteiger partial charge >= 0.3 is 0 Å². The summed E-state index contributed by atoms with van der Waals surface area (Å²) in [5, 5.41) is 0. The number of nitrogens with two attached hydrogens (primary N) is 1. The van der Waals surface area contributed by atoms with Crippen LogP contribution in [0.5, 0.6) is 5.75 Å². The average Bonchev–Trinajstić information content (AvgIpc) is 2.36. The molecule has 0 unspecified atom stereocenters. The van der Waals surface area contributed by atoms with Crippen LogP contribution in [-0.4, -0.2) is 28.1 Å². The summed E-state index contributed by atoms with van der Waals surface area (Å²) in [6.07, 6.45) is 0. The predicted molar refractivity (Wildman–Crippen MR) is 69.3 cm³/mol. The van der Waals surface area contributed by atoms with E-state index in [9.17, 15) is 0 Å². The van der Waals surface area contributed by atoms with Gasteiger partial charge in [0.2, 0.25) is 0 Å². The molecule has 0 aliphatic heterocycles. The Morgan fingerprint density at radius 3 is 2.17 bits per heavy atom. The maximum atomic E-state index is 5.42. The van der Waals surface area contributed by atoms with Gasteiger partial charge in [-0.25, -0.2) is 15.0 Å². The van der Waals surface area contributed by atoms with Crippen molar-refractivity contribution in [1.29, 1.82) is 0 Å². The minimum atomic E-state index is 0.508. The van der Waals surface area contributed by atoms with E-state index < -0.39 is 0 Å². The summed E-state index contributed by atoms with van der Waals surface area (Å²) in [5.74, 6) is 2.93. The van der Waals surface area contributed by atoms with Gasteiger partial charge in [0.1, 0.15) is 24.0 Å². The highest BCUT2D eigenvalue weighted by Crippen LogP contribution is 2.19. The quantitative estimate of drug-likeness (QED) is 0.882. The number of hydrogen-bond donors (Lipinski definition) is 1. The molecule has 0 radical (unpaired) electrons. The molecule has 0 amide bonds. The summed E-state index contributed by atoms with van der Waals surface area (Å²) in [4.78, 5) is 12.8. The van der Waals surface area contributed by atoms with Crippen LogP contribution in [0.2, 0.25) is 0 Å². The first-order valence-corrected chi connectivity index (χ1v) is 5.81. The monoisotopic (exact) mass is 244 g/mol. The molecule has 1 aromatic carbocycles. The highest BCUT2D eigenvalue weighted by molar-refractivity contribution is 5.56. The van der Waals surface area contributed by atoms with Crippen molar-refractivity contribution in [3.05, 3.63) is 35.9 Å². The van der Waals surface area contributed by atoms with Crippen LogP contribution in [0.1, 0.15) is 11.6 Å². The van der Waals surface area contributed by atoms with Crippen molar-refractivity contribution in [3.63, 3.8) is 0 Å². The Hall–Kier alpha value is -2.01. The van der Waals surface area contributed by atoms with Gasteiger partial charge in [-0.05, 0) is 38.1 Å². The van der Waals surface area contributed by atoms with Crippen LogP contribution in [0, 0.1) is 13.8 Å². The maximum Gasteiger partial charge on any atom is 0.163 e. The van der Waals surface area contributed by atoms with Crippen LogP contribution in [0.4, 0.5) is 0 Å². The lowest BCUT2D eigenvalue weighted by atomic mass is 10.2. The highest BCUT2D eigenvalue weighted by Gasteiger charge is 2.04. The Kier molecular flexibility index (Phi) is 3.84. The summed E-state index contributed by atoms with van der Waals surface area (Å²) in [7, 11) is 0. The van der Waals surface area contributed by atoms with E-state index >= 15 is 0 Å². The Morgan fingerprint density at radius 1 is 1.00 bits per heavy atom. The van der Waals surface area contributed by atoms with E-state index in [1.54, 1.807) is 0 Å². The zero-order chi connectivity index (χ0) is 13.0. The van der Waals surface area contributed by atoms with E-state index in [0.717, 1.165) is 23.0 Å². The van der Waals surface area contributed by atoms with E-state index in [1.165, 1.54) is 0 Å². The normalized spacial score (nSPS) is 10.4. The second-order valence-corrected chi connectivity index (χ2v) is 3.91. The Balaban J connectivity index is 2.23. The first-order chi connectivity index (χ1) is 8.69. The molecule has 0 saturated heterocycles. The van der Waals surface area contributed by atoms with E-state index in [0.29, 0.717) is 19.0 Å². The molecule has 0 saturated carbocycles. The summed E-state index contributed by atoms with van der Waals surface area (Å²) in [5.41, 5.74) is 6.33. The lowest BCUT2D eigenvalue weighted by molar-refractivity contribution is 0.328. The van der Waals surface area contributed by atoms with Crippen molar-refractivity contribution in [1.82, 2.24) is 15.0 Å². The Labute approximate surface area is 106 Å². The van der Waals surface area contributed by atoms with Gasteiger partial charge < -0.3 is 10.5 Å². The molecule has 0 aliphatic rings. The number of hydrogen-bond acceptors (Lipinski definition) is 5. The molecule has 2 rings (SSSR count). The van der Waals surface area contributed by atoms with Gasteiger partial charge in [-0.1, -0.05) is 0 Å². The van der Waals surface area contributed by atoms with Crippen LogP contribution >= 0.6 is 0 Å². The van der Waals surface area contributed by atoms with Crippen molar-refractivity contribution in [3.8, 4) is 17.1 Å². The van der Waals surface area contributed by atoms with Crippen molar-refractivity contribution in [2.24, 2.45) is 5.73 Å². The molecule has 0 bridgehead atoms. The summed E-state index contributed by atoms with van der Waals surface area (Å²) < 4.78 is 5.42. The van der Waals surface area contributed by atoms with E-state index in [4.69, 9.17) is 10.5 Å². The van der Waals surface area contributed by atoms with Crippen LogP contribution in [0.25, 0.3) is 11.4 Å². The molecule has 1 aromatic heterocycles. The average molecular weight is 244 g/mol. The van der Waals surface area contributed by atoms with Crippen LogP contribution in [0.15, 0.2) is 24.3 Å². The molecule has 1 heterocycles. The number of ether oxygens (including phenoxy) is 1. The third-order valence-electron chi connectivity index (χ3n) is 2.36. The summed E-state index contributed by atoms with van der Waals surface area (Å²) in [6, 6.07) is 7.64. The Morgan fingerprint density at radius 2 is 1.61 bits per heavy atom. The van der Waals surface area contributed by atoms with E-state index in [-0.39, 0.29) is 0 Å². The van der Waals surface area contributed by atoms with Gasteiger partial charge in [0.15, 0.2) is 5.82 Å². The lowest BCUT2D eigenvalue weighted by Crippen LogP contribution is -2.10. The fourth-order valence-electron chi connectivity index (χ4n) is 1.62. The van der Waals surface area contributed by atoms with Gasteiger partial charge in [0.25, 0.3) is 0 Å². The number of rotatable bonds is 4. The fourth-order valence-corrected chi connectivity index (χ4v) is 1.62. The summed E-state index contributed by atoms with van der Waals surface area (Å²) in [6.45, 7) is 4.74. The molecule has 5 nitrogen and oxygen atoms in total. The molecule has 2 N–H and O–H groups in total. The predicted octanol–water partition coefficient (Wildman–Crippen LogP) is 1.49. The Bertz CT molecular complexity index is 505. The molecule has 0 fully saturated rings. The first-order valence-electron chi connectivity index (χ1n) is 5.81. The molecular weight excluding hydrogens is 228 g/mol. The SMILES string of the molecule is Cc1nc(C)nc(-c2ccc(OCCN)cc2)n1. The largest absolute Gasteiger partial charge is 0.492 e. The lowest BCUT2D eigenvalue weighted by Gasteiger charge is -2.06. The van der Waals surface area contributed by atoms with Gasteiger partial charge in [-0.2, -0.15) is 0 Å². The third kappa shape index (κ3) is 3.01. The van der Waals surface area contributed by atoms with E-state index in [2.05, 4.69) is 15.0 Å². The summed E-state index contributed by atoms with van der Waals surface area (Å²) >= 11 is 0. The molecule has 0 spiro atoms. The number of aromatic nitrogens is 3. The van der Waals surface area contributed by atoms with Gasteiger partial charge in [0.05, 0.1) is 0 Å². The van der Waals surface area contributed by atoms with Gasteiger partial charge in [-0.3, -0.25) is 0 Å². The number of aryl methyl sites for hydroxylation is 2. The molecular formula is C13H16N4O. The van der Waals surface area contributed by atoms with Crippen LogP contribution in [0.3, 0.4) is 0 Å². The smallest absolute Gasteiger partial charge is 0.163 e. The zero-order valence-electron chi connectivity index (χ0n) is 10.6. The second-order valence-electron chi connectivity index (χ2n) is 3.91. The molecule has 0 atom stereocenters. The molecule has 0 aliphatic carbocycles. The minimum Gasteiger partial charge on any atom is -0.492 e. The molecule has 5 heteroatoms. The number of benzene rings is 1. The van der Waals surface area contributed by atoms with Crippen molar-refractivity contribution in [2.45, 2.75) is 13.8 Å². The first kappa shape index (κ1) is 12.4. The second kappa shape index (κ2) is 5.55. The number of nitrogens with zero attached hydrogens (tertiary/aromatic N) is 3. The van der Waals surface area contributed by atoms with Crippen LogP contribution in [-0.2, 0) is 0 Å². The van der Waals surface area contributed by atoms with E-state index in [1.807, 2.05) is 38.1 Å². The van der Waals surface area contributed by atoms with Gasteiger partial charge in [-0.15, -0.1) is 0 Å². The molecule has 18 heavy (non-hydrogen) atoms. The highest BCUT2D eigenvalue weighted by atomic mass is 16.5. The zero-order valence-corrected chi connectivity index (χ0v) is 10.6. The van der Waals surface area contributed by atoms with Crippen LogP contribution < -0.4 is 10.5 Å². The van der Waals surface area contributed by atoms with Gasteiger partial charge in [0, 0.05) is 12.1 Å². The minimum absolute atomic E-state index is 0.508. The van der Waals surface area contributed by atoms with Crippen molar-refractivity contribution >= 4 is 0 Å². The van der Waals surface area contributed by atoms with Crippen molar-refractivity contribution < 1.29 is 4.74 Å². The maximum absolute atomic E-state index is 5.42. The molecule has 94 valence electrons. The third-order valence-corrected chi connectivity index (χ3v) is 2.36. The standard InChI is InChI=1S/C13H16N4O/c1-9-15-10(2)17-13(16-9)11-3-5-12(6-4-11)18-8-7-14/h3-6H,7-8,14H2,1-2H3. The fraction of sp³-hybridized carbons (Fsp3) is 0.308. The molecule has 2 aromatic rings.